The average molecular weight is 291 g/mol. The van der Waals surface area contributed by atoms with Gasteiger partial charge in [0, 0.05) is 18.8 Å². The van der Waals surface area contributed by atoms with Crippen molar-refractivity contribution in [1.82, 2.24) is 9.55 Å². The molecular formula is C13H14ClF3N2. The van der Waals surface area contributed by atoms with Gasteiger partial charge in [-0.05, 0) is 24.6 Å². The van der Waals surface area contributed by atoms with Gasteiger partial charge in [-0.2, -0.15) is 13.2 Å². The van der Waals surface area contributed by atoms with E-state index in [1.165, 1.54) is 6.07 Å². The van der Waals surface area contributed by atoms with Gasteiger partial charge in [0.2, 0.25) is 0 Å². The first-order valence-corrected chi connectivity index (χ1v) is 6.63. The molecule has 1 aromatic heterocycles. The van der Waals surface area contributed by atoms with Crippen molar-refractivity contribution in [3.8, 4) is 0 Å². The summed E-state index contributed by atoms with van der Waals surface area (Å²) in [6.45, 7) is 2.74. The van der Waals surface area contributed by atoms with Gasteiger partial charge in [-0.15, -0.1) is 11.6 Å². The van der Waals surface area contributed by atoms with Gasteiger partial charge in [0.1, 0.15) is 5.82 Å². The monoisotopic (exact) mass is 290 g/mol. The van der Waals surface area contributed by atoms with Gasteiger partial charge in [0.05, 0.1) is 16.6 Å². The Morgan fingerprint density at radius 1 is 1.32 bits per heavy atom. The second-order valence-corrected chi connectivity index (χ2v) is 4.70. The molecule has 0 radical (unpaired) electrons. The van der Waals surface area contributed by atoms with Gasteiger partial charge in [-0.1, -0.05) is 6.92 Å². The topological polar surface area (TPSA) is 17.8 Å². The van der Waals surface area contributed by atoms with Crippen molar-refractivity contribution in [3.05, 3.63) is 29.6 Å². The van der Waals surface area contributed by atoms with Crippen molar-refractivity contribution in [1.29, 1.82) is 0 Å². The number of rotatable bonds is 4. The van der Waals surface area contributed by atoms with Gasteiger partial charge >= 0.3 is 6.18 Å². The second kappa shape index (κ2) is 5.41. The van der Waals surface area contributed by atoms with Crippen LogP contribution in [0.15, 0.2) is 18.2 Å². The van der Waals surface area contributed by atoms with Gasteiger partial charge in [0.15, 0.2) is 0 Å². The zero-order chi connectivity index (χ0) is 14.0. The molecule has 0 atom stereocenters. The van der Waals surface area contributed by atoms with E-state index in [-0.39, 0.29) is 0 Å². The number of fused-ring (bicyclic) bond motifs is 1. The summed E-state index contributed by atoms with van der Waals surface area (Å²) < 4.78 is 39.9. The molecule has 2 rings (SSSR count). The molecule has 0 spiro atoms. The maximum absolute atomic E-state index is 12.7. The van der Waals surface area contributed by atoms with E-state index in [1.807, 2.05) is 11.5 Å². The first-order valence-electron chi connectivity index (χ1n) is 6.09. The van der Waals surface area contributed by atoms with E-state index in [2.05, 4.69) is 4.98 Å². The van der Waals surface area contributed by atoms with Gasteiger partial charge < -0.3 is 4.57 Å². The molecule has 1 heterocycles. The lowest BCUT2D eigenvalue weighted by Crippen LogP contribution is -2.05. The number of halogens is 4. The van der Waals surface area contributed by atoms with Crippen LogP contribution in [0.1, 0.15) is 24.7 Å². The predicted octanol–water partition coefficient (Wildman–Crippen LogP) is 4.25. The fraction of sp³-hybridized carbons (Fsp3) is 0.462. The fourth-order valence-corrected chi connectivity index (χ4v) is 2.27. The third-order valence-electron chi connectivity index (χ3n) is 2.92. The normalized spacial score (nSPS) is 12.3. The standard InChI is InChI=1S/C13H14ClF3N2/c1-2-7-19-11-4-3-9(13(15,16)17)8-10(11)18-12(19)5-6-14/h3-4,8H,2,5-7H2,1H3. The molecule has 0 fully saturated rings. The van der Waals surface area contributed by atoms with E-state index in [4.69, 9.17) is 11.6 Å². The Morgan fingerprint density at radius 2 is 2.05 bits per heavy atom. The third kappa shape index (κ3) is 2.86. The van der Waals surface area contributed by atoms with E-state index in [0.29, 0.717) is 17.8 Å². The molecule has 6 heteroatoms. The molecule has 0 N–H and O–H groups in total. The lowest BCUT2D eigenvalue weighted by molar-refractivity contribution is -0.137. The molecule has 2 nitrogen and oxygen atoms in total. The Labute approximate surface area is 114 Å². The van der Waals surface area contributed by atoms with Crippen LogP contribution in [-0.4, -0.2) is 15.4 Å². The van der Waals surface area contributed by atoms with Crippen molar-refractivity contribution in [2.75, 3.05) is 5.88 Å². The highest BCUT2D eigenvalue weighted by Crippen LogP contribution is 2.31. The van der Waals surface area contributed by atoms with Crippen LogP contribution >= 0.6 is 11.6 Å². The largest absolute Gasteiger partial charge is 0.416 e. The molecule has 0 unspecified atom stereocenters. The summed E-state index contributed by atoms with van der Waals surface area (Å²) in [4.78, 5) is 4.27. The number of aryl methyl sites for hydroxylation is 2. The van der Waals surface area contributed by atoms with Gasteiger partial charge in [-0.3, -0.25) is 0 Å². The molecule has 0 aliphatic rings. The molecule has 0 bridgehead atoms. The summed E-state index contributed by atoms with van der Waals surface area (Å²) in [6.07, 6.45) is -2.89. The fourth-order valence-electron chi connectivity index (χ4n) is 2.10. The molecule has 2 aromatic rings. The molecule has 1 aromatic carbocycles. The molecule has 0 aliphatic heterocycles. The Kier molecular flexibility index (Phi) is 4.04. The Bertz CT molecular complexity index is 575. The Balaban J connectivity index is 2.55. The van der Waals surface area contributed by atoms with Crippen molar-refractivity contribution in [2.45, 2.75) is 32.5 Å². The second-order valence-electron chi connectivity index (χ2n) is 4.32. The zero-order valence-electron chi connectivity index (χ0n) is 10.5. The van der Waals surface area contributed by atoms with Crippen LogP contribution in [-0.2, 0) is 19.1 Å². The molecule has 0 amide bonds. The number of nitrogens with zero attached hydrogens (tertiary/aromatic N) is 2. The van der Waals surface area contributed by atoms with Crippen LogP contribution in [0.3, 0.4) is 0 Å². The third-order valence-corrected chi connectivity index (χ3v) is 3.11. The quantitative estimate of drug-likeness (QED) is 0.770. The first-order chi connectivity index (χ1) is 8.97. The van der Waals surface area contributed by atoms with Crippen molar-refractivity contribution in [3.63, 3.8) is 0 Å². The van der Waals surface area contributed by atoms with Gasteiger partial charge in [0.25, 0.3) is 0 Å². The molecule has 104 valence electrons. The molecule has 0 aliphatic carbocycles. The first kappa shape index (κ1) is 14.2. The van der Waals surface area contributed by atoms with E-state index in [9.17, 15) is 13.2 Å². The highest BCUT2D eigenvalue weighted by atomic mass is 35.5. The number of imidazole rings is 1. The van der Waals surface area contributed by atoms with E-state index in [0.717, 1.165) is 36.4 Å². The molecule has 0 saturated carbocycles. The highest BCUT2D eigenvalue weighted by Gasteiger charge is 2.31. The average Bonchev–Trinajstić information content (AvgIpc) is 2.67. The predicted molar refractivity (Wildman–Crippen MR) is 69.5 cm³/mol. The number of alkyl halides is 4. The maximum Gasteiger partial charge on any atom is 0.416 e. The van der Waals surface area contributed by atoms with E-state index >= 15 is 0 Å². The molecule has 19 heavy (non-hydrogen) atoms. The highest BCUT2D eigenvalue weighted by molar-refractivity contribution is 6.17. The lowest BCUT2D eigenvalue weighted by Gasteiger charge is -2.08. The zero-order valence-corrected chi connectivity index (χ0v) is 11.2. The van der Waals surface area contributed by atoms with Crippen LogP contribution in [0.2, 0.25) is 0 Å². The number of hydrogen-bond acceptors (Lipinski definition) is 1. The van der Waals surface area contributed by atoms with Crippen LogP contribution < -0.4 is 0 Å². The summed E-state index contributed by atoms with van der Waals surface area (Å²) in [5.41, 5.74) is 0.442. The smallest absolute Gasteiger partial charge is 0.328 e. The summed E-state index contributed by atoms with van der Waals surface area (Å²) in [6, 6.07) is 3.68. The number of aromatic nitrogens is 2. The maximum atomic E-state index is 12.7. The summed E-state index contributed by atoms with van der Waals surface area (Å²) >= 11 is 5.71. The van der Waals surface area contributed by atoms with E-state index in [1.54, 1.807) is 0 Å². The lowest BCUT2D eigenvalue weighted by atomic mass is 10.2. The van der Waals surface area contributed by atoms with Crippen LogP contribution in [0.5, 0.6) is 0 Å². The SMILES string of the molecule is CCCn1c(CCCl)nc2cc(C(F)(F)F)ccc21. The van der Waals surface area contributed by atoms with Crippen molar-refractivity contribution in [2.24, 2.45) is 0 Å². The summed E-state index contributed by atoms with van der Waals surface area (Å²) in [7, 11) is 0. The Hall–Kier alpha value is -1.23. The number of hydrogen-bond donors (Lipinski definition) is 0. The van der Waals surface area contributed by atoms with Crippen molar-refractivity contribution >= 4 is 22.6 Å². The Morgan fingerprint density at radius 3 is 2.63 bits per heavy atom. The number of benzene rings is 1. The minimum atomic E-state index is -4.34. The van der Waals surface area contributed by atoms with Crippen LogP contribution in [0.25, 0.3) is 11.0 Å². The summed E-state index contributed by atoms with van der Waals surface area (Å²) in [5.74, 6) is 1.14. The molecule has 0 saturated heterocycles. The van der Waals surface area contributed by atoms with Gasteiger partial charge in [-0.25, -0.2) is 4.98 Å². The van der Waals surface area contributed by atoms with Crippen LogP contribution in [0, 0.1) is 0 Å². The minimum absolute atomic E-state index is 0.378. The molecular weight excluding hydrogens is 277 g/mol. The van der Waals surface area contributed by atoms with Crippen LogP contribution in [0.4, 0.5) is 13.2 Å². The van der Waals surface area contributed by atoms with Crippen molar-refractivity contribution < 1.29 is 13.2 Å². The minimum Gasteiger partial charge on any atom is -0.328 e. The summed E-state index contributed by atoms with van der Waals surface area (Å²) in [5, 5.41) is 0. The van der Waals surface area contributed by atoms with E-state index < -0.39 is 11.7 Å².